The van der Waals surface area contributed by atoms with Crippen LogP contribution in [0.3, 0.4) is 0 Å². The van der Waals surface area contributed by atoms with Gasteiger partial charge in [0.05, 0.1) is 0 Å². The number of likely N-dealkylation sites (tertiary alicyclic amines) is 2. The highest BCUT2D eigenvalue weighted by Crippen LogP contribution is 2.40. The zero-order chi connectivity index (χ0) is 19.0. The molecule has 2 aromatic rings. The minimum Gasteiger partial charge on any atom is -0.338 e. The lowest BCUT2D eigenvalue weighted by Gasteiger charge is -2.25. The number of carbonyl (C=O) groups excluding carboxylic acids is 1. The third-order valence-electron chi connectivity index (χ3n) is 6.07. The summed E-state index contributed by atoms with van der Waals surface area (Å²) >= 11 is 0. The minimum absolute atomic E-state index is 0.118. The number of hydrogen-bond acceptors (Lipinski definition) is 3. The third-order valence-corrected chi connectivity index (χ3v) is 6.07. The van der Waals surface area contributed by atoms with Crippen LogP contribution in [0, 0.1) is 19.3 Å². The molecule has 3 heterocycles. The number of aromatic amines is 1. The Labute approximate surface area is 160 Å². The van der Waals surface area contributed by atoms with Crippen molar-refractivity contribution < 1.29 is 4.79 Å². The van der Waals surface area contributed by atoms with Crippen molar-refractivity contribution in [2.75, 3.05) is 26.2 Å². The van der Waals surface area contributed by atoms with Gasteiger partial charge in [-0.25, -0.2) is 0 Å². The second-order valence-electron chi connectivity index (χ2n) is 8.26. The number of nitrogens with one attached hydrogen (secondary N) is 1. The first-order valence-corrected chi connectivity index (χ1v) is 9.72. The van der Waals surface area contributed by atoms with E-state index < -0.39 is 0 Å². The van der Waals surface area contributed by atoms with Crippen molar-refractivity contribution in [2.24, 2.45) is 5.41 Å². The Morgan fingerprint density at radius 3 is 2.59 bits per heavy atom. The summed E-state index contributed by atoms with van der Waals surface area (Å²) in [4.78, 5) is 32.5. The lowest BCUT2D eigenvalue weighted by Crippen LogP contribution is -2.37. The molecule has 0 bridgehead atoms. The summed E-state index contributed by atoms with van der Waals surface area (Å²) in [6.45, 7) is 8.24. The number of aryl methyl sites for hydroxylation is 2. The van der Waals surface area contributed by atoms with E-state index in [-0.39, 0.29) is 16.9 Å². The van der Waals surface area contributed by atoms with Crippen molar-refractivity contribution in [1.29, 1.82) is 0 Å². The molecule has 2 saturated heterocycles. The van der Waals surface area contributed by atoms with Crippen LogP contribution in [0.2, 0.25) is 0 Å². The molecule has 4 rings (SSSR count). The van der Waals surface area contributed by atoms with Crippen molar-refractivity contribution in [2.45, 2.75) is 33.2 Å². The topological polar surface area (TPSA) is 56.4 Å². The largest absolute Gasteiger partial charge is 0.338 e. The quantitative estimate of drug-likeness (QED) is 0.910. The van der Waals surface area contributed by atoms with E-state index in [0.717, 1.165) is 56.8 Å². The van der Waals surface area contributed by atoms with Gasteiger partial charge in [-0.15, -0.1) is 0 Å². The number of hydrogen-bond donors (Lipinski definition) is 1. The molecule has 0 radical (unpaired) electrons. The van der Waals surface area contributed by atoms with E-state index in [1.807, 2.05) is 30.9 Å². The predicted octanol–water partition coefficient (Wildman–Crippen LogP) is 2.73. The van der Waals surface area contributed by atoms with Gasteiger partial charge in [0.25, 0.3) is 11.5 Å². The number of pyridine rings is 1. The average molecular weight is 365 g/mol. The molecule has 0 saturated carbocycles. The second kappa shape index (κ2) is 6.97. The SMILES string of the molecule is Cc1cc(C)c(C(=O)N2CCC3(CCN(Cc4ccccc4)C3)C2)c(=O)[nH]1. The molecule has 5 nitrogen and oxygen atoms in total. The van der Waals surface area contributed by atoms with Crippen LogP contribution in [0.5, 0.6) is 0 Å². The number of carbonyl (C=O) groups is 1. The Kier molecular flexibility index (Phi) is 4.64. The van der Waals surface area contributed by atoms with Crippen LogP contribution < -0.4 is 5.56 Å². The molecule has 2 aliphatic heterocycles. The minimum atomic E-state index is -0.268. The molecule has 5 heteroatoms. The Balaban J connectivity index is 1.45. The summed E-state index contributed by atoms with van der Waals surface area (Å²) < 4.78 is 0. The maximum atomic E-state index is 13.0. The highest BCUT2D eigenvalue weighted by molar-refractivity contribution is 5.95. The van der Waals surface area contributed by atoms with Crippen LogP contribution >= 0.6 is 0 Å². The number of rotatable bonds is 3. The van der Waals surface area contributed by atoms with Gasteiger partial charge in [0, 0.05) is 37.3 Å². The zero-order valence-corrected chi connectivity index (χ0v) is 16.1. The smallest absolute Gasteiger partial charge is 0.261 e. The molecular weight excluding hydrogens is 338 g/mol. The van der Waals surface area contributed by atoms with Crippen molar-refractivity contribution in [1.82, 2.24) is 14.8 Å². The van der Waals surface area contributed by atoms with E-state index in [2.05, 4.69) is 34.1 Å². The molecule has 2 aliphatic rings. The Morgan fingerprint density at radius 1 is 1.11 bits per heavy atom. The highest BCUT2D eigenvalue weighted by Gasteiger charge is 2.45. The van der Waals surface area contributed by atoms with Crippen molar-refractivity contribution in [3.05, 3.63) is 69.1 Å². The summed E-state index contributed by atoms with van der Waals surface area (Å²) in [5, 5.41) is 0. The van der Waals surface area contributed by atoms with Gasteiger partial charge in [-0.3, -0.25) is 14.5 Å². The molecule has 1 aromatic carbocycles. The van der Waals surface area contributed by atoms with Gasteiger partial charge in [-0.1, -0.05) is 30.3 Å². The second-order valence-corrected chi connectivity index (χ2v) is 8.26. The molecule has 1 N–H and O–H groups in total. The number of amides is 1. The predicted molar refractivity (Wildman–Crippen MR) is 106 cm³/mol. The number of H-pyrrole nitrogens is 1. The maximum Gasteiger partial charge on any atom is 0.261 e. The van der Waals surface area contributed by atoms with Crippen LogP contribution in [0.1, 0.15) is 40.0 Å². The molecule has 2 fully saturated rings. The summed E-state index contributed by atoms with van der Waals surface area (Å²) in [5.41, 5.74) is 3.10. The van der Waals surface area contributed by atoms with E-state index in [9.17, 15) is 9.59 Å². The summed E-state index contributed by atoms with van der Waals surface area (Å²) in [7, 11) is 0. The van der Waals surface area contributed by atoms with E-state index in [1.165, 1.54) is 5.56 Å². The summed E-state index contributed by atoms with van der Waals surface area (Å²) in [6.07, 6.45) is 2.14. The van der Waals surface area contributed by atoms with Crippen LogP contribution in [-0.2, 0) is 6.54 Å². The van der Waals surface area contributed by atoms with Crippen LogP contribution in [0.25, 0.3) is 0 Å². The fraction of sp³-hybridized carbons (Fsp3) is 0.455. The van der Waals surface area contributed by atoms with Crippen molar-refractivity contribution >= 4 is 5.91 Å². The third kappa shape index (κ3) is 3.56. The van der Waals surface area contributed by atoms with Gasteiger partial charge < -0.3 is 9.88 Å². The molecule has 1 unspecified atom stereocenters. The summed E-state index contributed by atoms with van der Waals surface area (Å²) in [5.74, 6) is -0.118. The van der Waals surface area contributed by atoms with Gasteiger partial charge in [0.1, 0.15) is 5.56 Å². The summed E-state index contributed by atoms with van der Waals surface area (Å²) in [6, 6.07) is 12.4. The molecule has 27 heavy (non-hydrogen) atoms. The first-order chi connectivity index (χ1) is 13.0. The lowest BCUT2D eigenvalue weighted by atomic mass is 9.86. The molecule has 1 aromatic heterocycles. The van der Waals surface area contributed by atoms with Crippen LogP contribution in [-0.4, -0.2) is 46.9 Å². The fourth-order valence-electron chi connectivity index (χ4n) is 4.72. The number of nitrogens with zero attached hydrogens (tertiary/aromatic N) is 2. The highest BCUT2D eigenvalue weighted by atomic mass is 16.2. The van der Waals surface area contributed by atoms with Crippen LogP contribution in [0.15, 0.2) is 41.2 Å². The van der Waals surface area contributed by atoms with E-state index in [4.69, 9.17) is 0 Å². The Morgan fingerprint density at radius 2 is 1.85 bits per heavy atom. The van der Waals surface area contributed by atoms with E-state index in [1.54, 1.807) is 0 Å². The molecular formula is C22H27N3O2. The van der Waals surface area contributed by atoms with Gasteiger partial charge in [0.15, 0.2) is 0 Å². The number of aromatic nitrogens is 1. The molecule has 0 aliphatic carbocycles. The van der Waals surface area contributed by atoms with E-state index >= 15 is 0 Å². The normalized spacial score (nSPS) is 22.7. The lowest BCUT2D eigenvalue weighted by molar-refractivity contribution is 0.0770. The first-order valence-electron chi connectivity index (χ1n) is 9.72. The standard InChI is InChI=1S/C22H27N3O2/c1-16-12-17(2)23-20(26)19(16)21(27)25-11-9-22(15-25)8-10-24(14-22)13-18-6-4-3-5-7-18/h3-7,12H,8-11,13-15H2,1-2H3,(H,23,26). The van der Waals surface area contributed by atoms with Crippen molar-refractivity contribution in [3.8, 4) is 0 Å². The van der Waals surface area contributed by atoms with Gasteiger partial charge in [-0.2, -0.15) is 0 Å². The molecule has 1 spiro atoms. The molecule has 1 amide bonds. The van der Waals surface area contributed by atoms with Gasteiger partial charge in [-0.05, 0) is 50.4 Å². The zero-order valence-electron chi connectivity index (χ0n) is 16.1. The Bertz CT molecular complexity index is 906. The monoisotopic (exact) mass is 365 g/mol. The molecule has 1 atom stereocenters. The Hall–Kier alpha value is -2.40. The maximum absolute atomic E-state index is 13.0. The fourth-order valence-corrected chi connectivity index (χ4v) is 4.72. The van der Waals surface area contributed by atoms with Crippen LogP contribution in [0.4, 0.5) is 0 Å². The molecule has 142 valence electrons. The van der Waals surface area contributed by atoms with Gasteiger partial charge in [0.2, 0.25) is 0 Å². The van der Waals surface area contributed by atoms with E-state index in [0.29, 0.717) is 5.56 Å². The number of benzene rings is 1. The first kappa shape index (κ1) is 18.0. The van der Waals surface area contributed by atoms with Gasteiger partial charge >= 0.3 is 0 Å². The van der Waals surface area contributed by atoms with Crippen molar-refractivity contribution in [3.63, 3.8) is 0 Å². The average Bonchev–Trinajstić information content (AvgIpc) is 3.22.